The van der Waals surface area contributed by atoms with E-state index >= 15 is 0 Å². The van der Waals surface area contributed by atoms with Crippen molar-refractivity contribution in [2.24, 2.45) is 5.92 Å². The third kappa shape index (κ3) is 2.67. The lowest BCUT2D eigenvalue weighted by Gasteiger charge is -2.22. The first-order valence-corrected chi connectivity index (χ1v) is 5.61. The molecule has 5 nitrogen and oxygen atoms in total. The topological polar surface area (TPSA) is 61.8 Å². The van der Waals surface area contributed by atoms with Crippen molar-refractivity contribution >= 4 is 11.9 Å². The quantitative estimate of drug-likeness (QED) is 0.416. The maximum absolute atomic E-state index is 11.7. The third-order valence-electron chi connectivity index (χ3n) is 3.10. The lowest BCUT2D eigenvalue weighted by Crippen LogP contribution is -2.20. The summed E-state index contributed by atoms with van der Waals surface area (Å²) in [5.74, 6) is -1.31. The van der Waals surface area contributed by atoms with E-state index in [0.29, 0.717) is 5.57 Å². The van der Waals surface area contributed by atoms with Crippen molar-refractivity contribution in [3.05, 3.63) is 24.5 Å². The van der Waals surface area contributed by atoms with Crippen LogP contribution in [0.3, 0.4) is 0 Å². The molecule has 3 rings (SSSR count). The van der Waals surface area contributed by atoms with Gasteiger partial charge >= 0.3 is 11.9 Å². The van der Waals surface area contributed by atoms with E-state index in [0.717, 1.165) is 31.8 Å². The molecule has 0 aromatic carbocycles. The molecule has 2 aliphatic heterocycles. The first-order chi connectivity index (χ1) is 8.20. The number of carbonyl (C=O) groups is 2. The van der Waals surface area contributed by atoms with Crippen LogP contribution in [0.2, 0.25) is 0 Å². The Morgan fingerprint density at radius 1 is 1.29 bits per heavy atom. The summed E-state index contributed by atoms with van der Waals surface area (Å²) in [4.78, 5) is 31.1. The molecule has 0 unspecified atom stereocenters. The molecule has 1 fully saturated rings. The smallest absolute Gasteiger partial charge is 0.385 e. The molecule has 0 atom stereocenters. The van der Waals surface area contributed by atoms with Crippen LogP contribution in [0.15, 0.2) is 24.5 Å². The summed E-state index contributed by atoms with van der Waals surface area (Å²) in [5, 5.41) is 0. The molecule has 2 bridgehead atoms. The van der Waals surface area contributed by atoms with E-state index in [4.69, 9.17) is 4.74 Å². The van der Waals surface area contributed by atoms with Crippen LogP contribution in [0.5, 0.6) is 0 Å². The van der Waals surface area contributed by atoms with E-state index in [2.05, 4.69) is 16.4 Å². The van der Waals surface area contributed by atoms with Crippen LogP contribution in [0.1, 0.15) is 25.7 Å². The summed E-state index contributed by atoms with van der Waals surface area (Å²) in [6.45, 7) is 3.20. The van der Waals surface area contributed by atoms with E-state index in [-0.39, 0.29) is 12.0 Å². The fraction of sp³-hybridized carbons (Fsp3) is 0.500. The average molecular weight is 238 g/mol. The first-order valence-electron chi connectivity index (χ1n) is 5.61. The molecule has 3 aliphatic rings. The number of hydrogen-bond donors (Lipinski definition) is 0. The minimum absolute atomic E-state index is 0.142. The van der Waals surface area contributed by atoms with Crippen molar-refractivity contribution in [1.82, 2.24) is 0 Å². The maximum Gasteiger partial charge on any atom is 0.385 e. The zero-order valence-corrected chi connectivity index (χ0v) is 9.39. The SMILES string of the molecule is C=CC(=O)OOC(=O)C1=COC2CCC1CC2. The average Bonchev–Trinajstić information content (AvgIpc) is 2.69. The van der Waals surface area contributed by atoms with Gasteiger partial charge in [-0.1, -0.05) is 6.58 Å². The van der Waals surface area contributed by atoms with E-state index in [9.17, 15) is 9.59 Å². The Labute approximate surface area is 99.0 Å². The number of carbonyl (C=O) groups excluding carboxylic acids is 2. The third-order valence-corrected chi connectivity index (χ3v) is 3.10. The summed E-state index contributed by atoms with van der Waals surface area (Å²) in [6.07, 6.45) is 6.28. The second kappa shape index (κ2) is 5.03. The van der Waals surface area contributed by atoms with Gasteiger partial charge in [-0.05, 0) is 31.6 Å². The van der Waals surface area contributed by atoms with Gasteiger partial charge in [-0.3, -0.25) is 0 Å². The highest BCUT2D eigenvalue weighted by molar-refractivity contribution is 5.89. The Balaban J connectivity index is 1.96. The highest BCUT2D eigenvalue weighted by Crippen LogP contribution is 2.35. The molecule has 0 amide bonds. The van der Waals surface area contributed by atoms with Crippen LogP contribution in [-0.4, -0.2) is 18.0 Å². The van der Waals surface area contributed by atoms with Gasteiger partial charge in [0.15, 0.2) is 0 Å². The first kappa shape index (κ1) is 11.7. The number of ether oxygens (including phenoxy) is 1. The van der Waals surface area contributed by atoms with Crippen molar-refractivity contribution in [3.8, 4) is 0 Å². The summed E-state index contributed by atoms with van der Waals surface area (Å²) in [5.41, 5.74) is 0.446. The van der Waals surface area contributed by atoms with E-state index in [1.165, 1.54) is 6.26 Å². The van der Waals surface area contributed by atoms with Crippen LogP contribution >= 0.6 is 0 Å². The van der Waals surface area contributed by atoms with E-state index < -0.39 is 11.9 Å². The van der Waals surface area contributed by atoms with Crippen molar-refractivity contribution in [2.45, 2.75) is 31.8 Å². The summed E-state index contributed by atoms with van der Waals surface area (Å²) < 4.78 is 5.44. The fourth-order valence-corrected chi connectivity index (χ4v) is 2.15. The molecule has 2 heterocycles. The summed E-state index contributed by atoms with van der Waals surface area (Å²) in [6, 6.07) is 0. The van der Waals surface area contributed by atoms with Crippen molar-refractivity contribution < 1.29 is 24.1 Å². The molecule has 0 aromatic rings. The van der Waals surface area contributed by atoms with E-state index in [1.807, 2.05) is 0 Å². The van der Waals surface area contributed by atoms with Gasteiger partial charge in [-0.2, -0.15) is 0 Å². The van der Waals surface area contributed by atoms with Crippen molar-refractivity contribution in [3.63, 3.8) is 0 Å². The molecular weight excluding hydrogens is 224 g/mol. The van der Waals surface area contributed by atoms with Crippen LogP contribution in [0.4, 0.5) is 0 Å². The number of rotatable bonds is 2. The minimum Gasteiger partial charge on any atom is -0.497 e. The normalized spacial score (nSPS) is 26.2. The van der Waals surface area contributed by atoms with Gasteiger partial charge in [0.25, 0.3) is 0 Å². The largest absolute Gasteiger partial charge is 0.497 e. The van der Waals surface area contributed by atoms with Gasteiger partial charge in [-0.25, -0.2) is 19.4 Å². The molecule has 0 radical (unpaired) electrons. The lowest BCUT2D eigenvalue weighted by atomic mass is 9.84. The predicted octanol–water partition coefficient (Wildman–Crippen LogP) is 1.65. The molecule has 1 aliphatic carbocycles. The van der Waals surface area contributed by atoms with Crippen molar-refractivity contribution in [2.75, 3.05) is 0 Å². The van der Waals surface area contributed by atoms with Gasteiger partial charge in [0, 0.05) is 6.08 Å². The van der Waals surface area contributed by atoms with Gasteiger partial charge < -0.3 is 4.74 Å². The monoisotopic (exact) mass is 238 g/mol. The molecule has 0 N–H and O–H groups in total. The maximum atomic E-state index is 11.7. The molecule has 0 spiro atoms. The van der Waals surface area contributed by atoms with Crippen molar-refractivity contribution in [1.29, 1.82) is 0 Å². The summed E-state index contributed by atoms with van der Waals surface area (Å²) >= 11 is 0. The molecule has 17 heavy (non-hydrogen) atoms. The zero-order valence-electron chi connectivity index (χ0n) is 9.39. The van der Waals surface area contributed by atoms with Gasteiger partial charge in [0.2, 0.25) is 0 Å². The standard InChI is InChI=1S/C12H14O5/c1-2-11(13)16-17-12(14)10-7-15-9-5-3-8(10)4-6-9/h2,7-9H,1,3-6H2. The van der Waals surface area contributed by atoms with Gasteiger partial charge in [0.1, 0.15) is 0 Å². The van der Waals surface area contributed by atoms with E-state index in [1.54, 1.807) is 0 Å². The Morgan fingerprint density at radius 3 is 2.65 bits per heavy atom. The molecule has 92 valence electrons. The Hall–Kier alpha value is -1.78. The van der Waals surface area contributed by atoms with Gasteiger partial charge in [-0.15, -0.1) is 0 Å². The zero-order chi connectivity index (χ0) is 12.3. The predicted molar refractivity (Wildman–Crippen MR) is 57.3 cm³/mol. The number of fused-ring (bicyclic) bond motifs is 3. The Kier molecular flexibility index (Phi) is 3.46. The minimum atomic E-state index is -0.794. The summed E-state index contributed by atoms with van der Waals surface area (Å²) in [7, 11) is 0. The second-order valence-electron chi connectivity index (χ2n) is 4.16. The highest BCUT2D eigenvalue weighted by Gasteiger charge is 2.33. The fourth-order valence-electron chi connectivity index (χ4n) is 2.15. The molecule has 1 saturated carbocycles. The van der Waals surface area contributed by atoms with Crippen LogP contribution in [-0.2, 0) is 24.1 Å². The Morgan fingerprint density at radius 2 is 2.00 bits per heavy atom. The molecular formula is C12H14O5. The highest BCUT2D eigenvalue weighted by atomic mass is 17.2. The second-order valence-corrected chi connectivity index (χ2v) is 4.16. The van der Waals surface area contributed by atoms with Crippen LogP contribution in [0, 0.1) is 5.92 Å². The molecule has 0 saturated heterocycles. The molecule has 5 heteroatoms. The number of hydrogen-bond acceptors (Lipinski definition) is 5. The molecule has 0 aromatic heterocycles. The van der Waals surface area contributed by atoms with Crippen LogP contribution < -0.4 is 0 Å². The van der Waals surface area contributed by atoms with Gasteiger partial charge in [0.05, 0.1) is 17.9 Å². The lowest BCUT2D eigenvalue weighted by molar-refractivity contribution is -0.251. The van der Waals surface area contributed by atoms with Crippen LogP contribution in [0.25, 0.3) is 0 Å². The Bertz CT molecular complexity index is 363.